The van der Waals surface area contributed by atoms with Crippen LogP contribution in [0.2, 0.25) is 5.02 Å². The molecule has 26 heavy (non-hydrogen) atoms. The highest BCUT2D eigenvalue weighted by molar-refractivity contribution is 8.14. The number of rotatable bonds is 4. The summed E-state index contributed by atoms with van der Waals surface area (Å²) in [6.07, 6.45) is 0.188. The number of halogens is 3. The molecule has 1 unspecified atom stereocenters. The van der Waals surface area contributed by atoms with Gasteiger partial charge in [-0.1, -0.05) is 29.4 Å². The summed E-state index contributed by atoms with van der Waals surface area (Å²) >= 11 is 7.20. The quantitative estimate of drug-likeness (QED) is 0.817. The van der Waals surface area contributed by atoms with Gasteiger partial charge in [0.05, 0.1) is 11.4 Å². The van der Waals surface area contributed by atoms with Crippen LogP contribution in [0.1, 0.15) is 6.42 Å². The van der Waals surface area contributed by atoms with Gasteiger partial charge < -0.3 is 10.2 Å². The topological polar surface area (TPSA) is 44.7 Å². The predicted molar refractivity (Wildman–Crippen MR) is 102 cm³/mol. The molecule has 136 valence electrons. The summed E-state index contributed by atoms with van der Waals surface area (Å²) in [6.45, 7) is 0. The van der Waals surface area contributed by atoms with E-state index >= 15 is 0 Å². The number of carbonyl (C=O) groups excluding carboxylic acids is 1. The second-order valence-electron chi connectivity index (χ2n) is 5.83. The number of nitrogens with zero attached hydrogens (tertiary/aromatic N) is 2. The Morgan fingerprint density at radius 3 is 2.88 bits per heavy atom. The highest BCUT2D eigenvalue weighted by Crippen LogP contribution is 2.28. The van der Waals surface area contributed by atoms with E-state index in [-0.39, 0.29) is 34.9 Å². The van der Waals surface area contributed by atoms with Crippen LogP contribution in [0.15, 0.2) is 47.5 Å². The Hall–Kier alpha value is -2.12. The fourth-order valence-corrected chi connectivity index (χ4v) is 3.87. The van der Waals surface area contributed by atoms with Crippen LogP contribution in [-0.2, 0) is 4.79 Å². The first-order valence-corrected chi connectivity index (χ1v) is 9.23. The van der Waals surface area contributed by atoms with Crippen molar-refractivity contribution in [1.82, 2.24) is 4.90 Å². The van der Waals surface area contributed by atoms with E-state index in [4.69, 9.17) is 11.6 Å². The fraction of sp³-hybridized carbons (Fsp3) is 0.222. The first-order valence-electron chi connectivity index (χ1n) is 7.87. The number of carbonyl (C=O) groups is 1. The first kappa shape index (κ1) is 18.7. The highest BCUT2D eigenvalue weighted by atomic mass is 35.5. The van der Waals surface area contributed by atoms with Crippen molar-refractivity contribution in [3.8, 4) is 0 Å². The monoisotopic (exact) mass is 395 g/mol. The number of amides is 1. The van der Waals surface area contributed by atoms with Crippen LogP contribution in [0.4, 0.5) is 20.2 Å². The van der Waals surface area contributed by atoms with Crippen LogP contribution in [-0.4, -0.2) is 34.8 Å². The van der Waals surface area contributed by atoms with Gasteiger partial charge in [0.1, 0.15) is 11.6 Å². The van der Waals surface area contributed by atoms with E-state index in [1.54, 1.807) is 12.1 Å². The minimum Gasteiger partial charge on any atom is -0.350 e. The standard InChI is InChI=1S/C18H16ClF2N3OS/c1-24-14(9-17(25)23-16-6-5-11(19)7-15(16)21)10-26-18(24)22-13-4-2-3-12(20)8-13/h2-8,14H,9-10H2,1H3,(H,23,25). The van der Waals surface area contributed by atoms with Gasteiger partial charge in [-0.3, -0.25) is 4.79 Å². The van der Waals surface area contributed by atoms with Gasteiger partial charge in [-0.15, -0.1) is 0 Å². The van der Waals surface area contributed by atoms with E-state index in [2.05, 4.69) is 10.3 Å². The molecule has 1 aliphatic heterocycles. The molecule has 1 N–H and O–H groups in total. The molecule has 1 saturated heterocycles. The minimum atomic E-state index is -0.576. The van der Waals surface area contributed by atoms with Gasteiger partial charge in [0.25, 0.3) is 0 Å². The Morgan fingerprint density at radius 2 is 2.15 bits per heavy atom. The lowest BCUT2D eigenvalue weighted by Crippen LogP contribution is -2.33. The number of aliphatic imine (C=N–C) groups is 1. The van der Waals surface area contributed by atoms with Crippen molar-refractivity contribution in [2.75, 3.05) is 18.1 Å². The van der Waals surface area contributed by atoms with Gasteiger partial charge in [-0.2, -0.15) is 0 Å². The summed E-state index contributed by atoms with van der Waals surface area (Å²) in [5, 5.41) is 3.54. The van der Waals surface area contributed by atoms with Crippen molar-refractivity contribution in [2.45, 2.75) is 12.5 Å². The number of amidine groups is 1. The van der Waals surface area contributed by atoms with Crippen LogP contribution < -0.4 is 5.32 Å². The zero-order valence-corrected chi connectivity index (χ0v) is 15.5. The van der Waals surface area contributed by atoms with E-state index in [0.29, 0.717) is 16.6 Å². The zero-order chi connectivity index (χ0) is 18.7. The maximum Gasteiger partial charge on any atom is 0.226 e. The second-order valence-corrected chi connectivity index (χ2v) is 7.25. The summed E-state index contributed by atoms with van der Waals surface area (Å²) in [5.74, 6) is -0.552. The van der Waals surface area contributed by atoms with Crippen molar-refractivity contribution in [1.29, 1.82) is 0 Å². The smallest absolute Gasteiger partial charge is 0.226 e. The molecular weight excluding hydrogens is 380 g/mol. The van der Waals surface area contributed by atoms with Crippen LogP contribution in [0, 0.1) is 11.6 Å². The molecule has 2 aromatic rings. The normalized spacial score (nSPS) is 18.4. The van der Waals surface area contributed by atoms with Gasteiger partial charge in [-0.05, 0) is 36.4 Å². The molecule has 0 aliphatic carbocycles. The molecule has 1 fully saturated rings. The van der Waals surface area contributed by atoms with E-state index in [9.17, 15) is 13.6 Å². The molecule has 0 saturated carbocycles. The maximum atomic E-state index is 13.8. The van der Waals surface area contributed by atoms with Crippen molar-refractivity contribution in [3.63, 3.8) is 0 Å². The lowest BCUT2D eigenvalue weighted by molar-refractivity contribution is -0.116. The first-order chi connectivity index (χ1) is 12.4. The third-order valence-corrected chi connectivity index (χ3v) is 5.34. The van der Waals surface area contributed by atoms with Crippen LogP contribution >= 0.6 is 23.4 Å². The minimum absolute atomic E-state index is 0.0809. The van der Waals surface area contributed by atoms with Gasteiger partial charge in [0, 0.05) is 30.3 Å². The average Bonchev–Trinajstić information content (AvgIpc) is 2.91. The molecule has 1 amide bonds. The summed E-state index contributed by atoms with van der Waals surface area (Å²) in [4.78, 5) is 18.5. The Kier molecular flexibility index (Phi) is 5.78. The zero-order valence-electron chi connectivity index (χ0n) is 13.9. The van der Waals surface area contributed by atoms with Gasteiger partial charge in [0.15, 0.2) is 5.17 Å². The summed E-state index contributed by atoms with van der Waals surface area (Å²) < 4.78 is 27.0. The van der Waals surface area contributed by atoms with E-state index in [1.807, 2.05) is 11.9 Å². The van der Waals surface area contributed by atoms with Crippen molar-refractivity contribution >= 4 is 45.8 Å². The lowest BCUT2D eigenvalue weighted by atomic mass is 10.2. The third-order valence-electron chi connectivity index (χ3n) is 3.91. The molecule has 8 heteroatoms. The molecular formula is C18H16ClF2N3OS. The van der Waals surface area contributed by atoms with Gasteiger partial charge in [0.2, 0.25) is 5.91 Å². The number of benzene rings is 2. The van der Waals surface area contributed by atoms with Crippen molar-refractivity contribution in [3.05, 3.63) is 59.1 Å². The fourth-order valence-electron chi connectivity index (χ4n) is 2.51. The molecule has 2 aromatic carbocycles. The summed E-state index contributed by atoms with van der Waals surface area (Å²) in [7, 11) is 1.83. The Balaban J connectivity index is 1.63. The molecule has 0 spiro atoms. The molecule has 0 bridgehead atoms. The Labute approximate surface area is 159 Å². The predicted octanol–water partition coefficient (Wildman–Crippen LogP) is 4.68. The van der Waals surface area contributed by atoms with Crippen LogP contribution in [0.3, 0.4) is 0 Å². The van der Waals surface area contributed by atoms with Crippen molar-refractivity contribution < 1.29 is 13.6 Å². The summed E-state index contributed by atoms with van der Waals surface area (Å²) in [6, 6.07) is 10.0. The van der Waals surface area contributed by atoms with E-state index in [1.165, 1.54) is 36.0 Å². The molecule has 1 atom stereocenters. The second kappa shape index (κ2) is 8.05. The molecule has 0 aromatic heterocycles. The molecule has 1 heterocycles. The SMILES string of the molecule is CN1C(=Nc2cccc(F)c2)SCC1CC(=O)Nc1ccc(Cl)cc1F. The van der Waals surface area contributed by atoms with Crippen LogP contribution in [0.25, 0.3) is 0 Å². The molecule has 3 rings (SSSR count). The van der Waals surface area contributed by atoms with Crippen molar-refractivity contribution in [2.24, 2.45) is 4.99 Å². The van der Waals surface area contributed by atoms with Gasteiger partial charge >= 0.3 is 0 Å². The molecule has 0 radical (unpaired) electrons. The summed E-state index contributed by atoms with van der Waals surface area (Å²) in [5.41, 5.74) is 0.619. The van der Waals surface area contributed by atoms with Crippen LogP contribution in [0.5, 0.6) is 0 Å². The van der Waals surface area contributed by atoms with E-state index in [0.717, 1.165) is 6.07 Å². The number of anilines is 1. The number of hydrogen-bond donors (Lipinski definition) is 1. The number of thioether (sulfide) groups is 1. The molecule has 4 nitrogen and oxygen atoms in total. The molecule has 1 aliphatic rings. The van der Waals surface area contributed by atoms with Gasteiger partial charge in [-0.25, -0.2) is 13.8 Å². The van der Waals surface area contributed by atoms with E-state index < -0.39 is 5.82 Å². The lowest BCUT2D eigenvalue weighted by Gasteiger charge is -2.20. The largest absolute Gasteiger partial charge is 0.350 e. The maximum absolute atomic E-state index is 13.8. The Bertz CT molecular complexity index is 862. The highest BCUT2D eigenvalue weighted by Gasteiger charge is 2.29. The Morgan fingerprint density at radius 1 is 1.35 bits per heavy atom. The number of nitrogens with one attached hydrogen (secondary N) is 1. The average molecular weight is 396 g/mol. The number of hydrogen-bond acceptors (Lipinski definition) is 3. The third kappa shape index (κ3) is 4.53.